The van der Waals surface area contributed by atoms with Gasteiger partial charge in [0.05, 0.1) is 0 Å². The van der Waals surface area contributed by atoms with Crippen LogP contribution in [0.5, 0.6) is 0 Å². The van der Waals surface area contributed by atoms with Gasteiger partial charge in [-0.2, -0.15) is 0 Å². The summed E-state index contributed by atoms with van der Waals surface area (Å²) < 4.78 is 4.21. The summed E-state index contributed by atoms with van der Waals surface area (Å²) in [6.45, 7) is 0. The molecule has 16 heavy (non-hydrogen) atoms. The van der Waals surface area contributed by atoms with Crippen LogP contribution >= 0.6 is 22.7 Å². The first-order valence-corrected chi connectivity index (χ1v) is 6.90. The first-order chi connectivity index (χ1) is 7.93. The molecule has 2 heteroatoms. The number of thiophene rings is 2. The molecule has 2 aromatic heterocycles. The molecule has 2 heterocycles. The van der Waals surface area contributed by atoms with Crippen LogP contribution < -0.4 is 0 Å². The smallest absolute Gasteiger partial charge is 0.0435 e. The molecule has 0 atom stereocenters. The first kappa shape index (κ1) is 8.74. The molecule has 0 nitrogen and oxygen atoms in total. The summed E-state index contributed by atoms with van der Waals surface area (Å²) in [6.07, 6.45) is 0. The van der Waals surface area contributed by atoms with Crippen LogP contribution in [0, 0.1) is 0 Å². The number of fused-ring (bicyclic) bond motifs is 5. The topological polar surface area (TPSA) is 0 Å². The predicted octanol–water partition coefficient (Wildman–Crippen LogP) is 5.27. The molecule has 0 radical (unpaired) electrons. The van der Waals surface area contributed by atoms with Crippen LogP contribution in [0.1, 0.15) is 0 Å². The van der Waals surface area contributed by atoms with Crippen LogP contribution in [0.15, 0.2) is 47.8 Å². The quantitative estimate of drug-likeness (QED) is 0.393. The van der Waals surface area contributed by atoms with Gasteiger partial charge in [0.2, 0.25) is 0 Å². The van der Waals surface area contributed by atoms with Crippen molar-refractivity contribution in [2.75, 3.05) is 0 Å². The van der Waals surface area contributed by atoms with Crippen LogP contribution in [0.2, 0.25) is 0 Å². The van der Waals surface area contributed by atoms with E-state index in [9.17, 15) is 0 Å². The van der Waals surface area contributed by atoms with E-state index in [4.69, 9.17) is 0 Å². The Hall–Kier alpha value is -1.38. The Bertz CT molecular complexity index is 805. The SMILES string of the molecule is c1ccc2c(c1)sc1ccc3ccsc3c12. The molecule has 76 valence electrons. The summed E-state index contributed by atoms with van der Waals surface area (Å²) in [7, 11) is 0. The number of rotatable bonds is 0. The van der Waals surface area contributed by atoms with Gasteiger partial charge in [0.15, 0.2) is 0 Å². The standard InChI is InChI=1S/C14H8S2/c1-2-4-11-10(3-1)13-12(16-11)6-5-9-7-8-15-14(9)13/h1-8H. The third-order valence-corrected chi connectivity index (χ3v) is 5.04. The largest absolute Gasteiger partial charge is 0.143 e. The lowest BCUT2D eigenvalue weighted by Crippen LogP contribution is -1.66. The second kappa shape index (κ2) is 3.06. The summed E-state index contributed by atoms with van der Waals surface area (Å²) in [5.41, 5.74) is 0. The second-order valence-corrected chi connectivity index (χ2v) is 5.88. The van der Waals surface area contributed by atoms with Crippen molar-refractivity contribution in [2.24, 2.45) is 0 Å². The zero-order valence-electron chi connectivity index (χ0n) is 8.44. The normalized spacial score (nSPS) is 11.8. The van der Waals surface area contributed by atoms with Gasteiger partial charge in [-0.3, -0.25) is 0 Å². The fraction of sp³-hybridized carbons (Fsp3) is 0. The predicted molar refractivity (Wildman–Crippen MR) is 74.7 cm³/mol. The zero-order valence-corrected chi connectivity index (χ0v) is 10.1. The number of benzene rings is 2. The van der Waals surface area contributed by atoms with Crippen molar-refractivity contribution in [3.8, 4) is 0 Å². The first-order valence-electron chi connectivity index (χ1n) is 5.21. The Labute approximate surface area is 101 Å². The summed E-state index contributed by atoms with van der Waals surface area (Å²) in [6, 6.07) is 15.3. The highest BCUT2D eigenvalue weighted by molar-refractivity contribution is 7.27. The summed E-state index contributed by atoms with van der Waals surface area (Å²) in [5, 5.41) is 6.38. The maximum atomic E-state index is 2.25. The highest BCUT2D eigenvalue weighted by Crippen LogP contribution is 2.39. The van der Waals surface area contributed by atoms with Crippen molar-refractivity contribution in [1.29, 1.82) is 0 Å². The van der Waals surface area contributed by atoms with E-state index in [0.717, 1.165) is 0 Å². The fourth-order valence-corrected chi connectivity index (χ4v) is 4.37. The molecule has 0 N–H and O–H groups in total. The van der Waals surface area contributed by atoms with Gasteiger partial charge in [0, 0.05) is 24.9 Å². The minimum absolute atomic E-state index is 1.36. The van der Waals surface area contributed by atoms with Crippen molar-refractivity contribution in [2.45, 2.75) is 0 Å². The average Bonchev–Trinajstić information content (AvgIpc) is 2.91. The van der Waals surface area contributed by atoms with Crippen LogP contribution in [0.4, 0.5) is 0 Å². The molecular weight excluding hydrogens is 232 g/mol. The Morgan fingerprint density at radius 1 is 0.812 bits per heavy atom. The lowest BCUT2D eigenvalue weighted by molar-refractivity contribution is 1.87. The van der Waals surface area contributed by atoms with Gasteiger partial charge in [-0.05, 0) is 29.0 Å². The van der Waals surface area contributed by atoms with Gasteiger partial charge in [-0.1, -0.05) is 24.3 Å². The van der Waals surface area contributed by atoms with Crippen molar-refractivity contribution in [3.63, 3.8) is 0 Å². The van der Waals surface area contributed by atoms with Gasteiger partial charge in [0.1, 0.15) is 0 Å². The van der Waals surface area contributed by atoms with Crippen molar-refractivity contribution >= 4 is 52.9 Å². The Kier molecular flexibility index (Phi) is 1.67. The Balaban J connectivity index is 2.42. The molecule has 0 saturated carbocycles. The maximum absolute atomic E-state index is 2.25. The number of hydrogen-bond donors (Lipinski definition) is 0. The van der Waals surface area contributed by atoms with Gasteiger partial charge >= 0.3 is 0 Å². The van der Waals surface area contributed by atoms with Crippen LogP contribution in [-0.2, 0) is 0 Å². The zero-order chi connectivity index (χ0) is 10.5. The molecule has 0 unspecified atom stereocenters. The Morgan fingerprint density at radius 2 is 1.75 bits per heavy atom. The average molecular weight is 240 g/mol. The van der Waals surface area contributed by atoms with E-state index < -0.39 is 0 Å². The molecule has 0 aliphatic carbocycles. The van der Waals surface area contributed by atoms with E-state index in [1.54, 1.807) is 0 Å². The van der Waals surface area contributed by atoms with Crippen molar-refractivity contribution in [3.05, 3.63) is 47.8 Å². The lowest BCUT2D eigenvalue weighted by atomic mass is 10.1. The molecule has 2 aromatic carbocycles. The van der Waals surface area contributed by atoms with E-state index in [-0.39, 0.29) is 0 Å². The Morgan fingerprint density at radius 3 is 2.75 bits per heavy atom. The molecule has 0 aliphatic heterocycles. The number of hydrogen-bond acceptors (Lipinski definition) is 2. The molecule has 0 aliphatic rings. The summed E-state index contributed by atoms with van der Waals surface area (Å²) >= 11 is 3.73. The van der Waals surface area contributed by atoms with E-state index in [1.165, 1.54) is 30.3 Å². The highest BCUT2D eigenvalue weighted by Gasteiger charge is 2.08. The maximum Gasteiger partial charge on any atom is 0.0435 e. The summed E-state index contributed by atoms with van der Waals surface area (Å²) in [4.78, 5) is 0. The summed E-state index contributed by atoms with van der Waals surface area (Å²) in [5.74, 6) is 0. The molecule has 4 rings (SSSR count). The lowest BCUT2D eigenvalue weighted by Gasteiger charge is -1.93. The second-order valence-electron chi connectivity index (χ2n) is 3.88. The molecule has 0 bridgehead atoms. The monoisotopic (exact) mass is 240 g/mol. The van der Waals surface area contributed by atoms with Gasteiger partial charge in [-0.25, -0.2) is 0 Å². The van der Waals surface area contributed by atoms with Crippen molar-refractivity contribution < 1.29 is 0 Å². The van der Waals surface area contributed by atoms with Crippen LogP contribution in [0.3, 0.4) is 0 Å². The minimum atomic E-state index is 1.36. The third-order valence-electron chi connectivity index (χ3n) is 2.96. The van der Waals surface area contributed by atoms with Crippen molar-refractivity contribution in [1.82, 2.24) is 0 Å². The molecule has 0 fully saturated rings. The fourth-order valence-electron chi connectivity index (χ4n) is 2.24. The molecular formula is C14H8S2. The third kappa shape index (κ3) is 1.03. The molecule has 0 spiro atoms. The van der Waals surface area contributed by atoms with Gasteiger partial charge in [0.25, 0.3) is 0 Å². The van der Waals surface area contributed by atoms with E-state index in [1.807, 2.05) is 22.7 Å². The van der Waals surface area contributed by atoms with Crippen LogP contribution in [0.25, 0.3) is 30.3 Å². The van der Waals surface area contributed by atoms with E-state index >= 15 is 0 Å². The molecule has 0 amide bonds. The minimum Gasteiger partial charge on any atom is -0.143 e. The van der Waals surface area contributed by atoms with Crippen LogP contribution in [-0.4, -0.2) is 0 Å². The van der Waals surface area contributed by atoms with E-state index in [0.29, 0.717) is 0 Å². The van der Waals surface area contributed by atoms with E-state index in [2.05, 4.69) is 47.8 Å². The van der Waals surface area contributed by atoms with Gasteiger partial charge in [-0.15, -0.1) is 22.7 Å². The highest BCUT2D eigenvalue weighted by atomic mass is 32.1. The molecule has 0 saturated heterocycles. The molecule has 4 aromatic rings. The van der Waals surface area contributed by atoms with Gasteiger partial charge < -0.3 is 0 Å².